The monoisotopic (exact) mass is 382 g/mol. The fourth-order valence-electron chi connectivity index (χ4n) is 3.38. The average molecular weight is 382 g/mol. The van der Waals surface area contributed by atoms with Crippen molar-refractivity contribution in [2.45, 2.75) is 55.8 Å². The van der Waals surface area contributed by atoms with Crippen LogP contribution in [0.15, 0.2) is 39.9 Å². The molecule has 1 amide bonds. The van der Waals surface area contributed by atoms with Crippen molar-refractivity contribution in [3.63, 3.8) is 0 Å². The summed E-state index contributed by atoms with van der Waals surface area (Å²) in [5.41, 5.74) is 0.841. The fraction of sp³-hybridized carbons (Fsp3) is 0.450. The largest absolute Gasteiger partial charge is 0.459 e. The molecule has 3 aromatic rings. The van der Waals surface area contributed by atoms with Crippen LogP contribution in [0, 0.1) is 0 Å². The molecule has 2 saturated carbocycles. The summed E-state index contributed by atoms with van der Waals surface area (Å²) in [6.07, 6.45) is 4.82. The van der Waals surface area contributed by atoms with Gasteiger partial charge in [-0.2, -0.15) is 0 Å². The molecule has 1 aromatic carbocycles. The topological polar surface area (TPSA) is 73.0 Å². The minimum Gasteiger partial charge on any atom is -0.459 e. The molecule has 1 N–H and O–H groups in total. The van der Waals surface area contributed by atoms with Gasteiger partial charge in [0.1, 0.15) is 17.2 Å². The van der Waals surface area contributed by atoms with E-state index in [1.165, 1.54) is 37.4 Å². The van der Waals surface area contributed by atoms with Crippen molar-refractivity contribution >= 4 is 28.6 Å². The lowest BCUT2D eigenvalue weighted by Crippen LogP contribution is -2.28. The van der Waals surface area contributed by atoms with E-state index in [1.54, 1.807) is 0 Å². The van der Waals surface area contributed by atoms with Crippen molar-refractivity contribution in [2.75, 3.05) is 5.75 Å². The molecule has 0 saturated heterocycles. The standard InChI is InChI=1S/C20H22N4O2S/c1-12(17-10-14-4-2-3-5-16(14)26-17)21-18(25)11-27-20-23-22-19(13-6-7-13)24(20)15-8-9-15/h2-5,10,12-13,15H,6-9,11H2,1H3,(H,21,25)/t12-/m0/s1. The molecule has 1 atom stereocenters. The van der Waals surface area contributed by atoms with Gasteiger partial charge in [-0.1, -0.05) is 30.0 Å². The van der Waals surface area contributed by atoms with Crippen LogP contribution in [-0.2, 0) is 4.79 Å². The van der Waals surface area contributed by atoms with Crippen LogP contribution < -0.4 is 5.32 Å². The molecule has 7 heteroatoms. The van der Waals surface area contributed by atoms with Gasteiger partial charge in [0, 0.05) is 17.3 Å². The van der Waals surface area contributed by atoms with Gasteiger partial charge in [-0.3, -0.25) is 4.79 Å². The predicted octanol–water partition coefficient (Wildman–Crippen LogP) is 4.21. The smallest absolute Gasteiger partial charge is 0.231 e. The molecule has 0 aliphatic heterocycles. The third kappa shape index (κ3) is 3.48. The number of para-hydroxylation sites is 1. The molecule has 2 aromatic heterocycles. The Morgan fingerprint density at radius 1 is 1.30 bits per heavy atom. The minimum atomic E-state index is -0.172. The lowest BCUT2D eigenvalue weighted by molar-refractivity contribution is -0.119. The molecule has 0 radical (unpaired) electrons. The number of benzene rings is 1. The maximum Gasteiger partial charge on any atom is 0.231 e. The predicted molar refractivity (Wildman–Crippen MR) is 104 cm³/mol. The number of rotatable bonds is 7. The van der Waals surface area contributed by atoms with Crippen LogP contribution in [0.1, 0.15) is 62.2 Å². The molecule has 2 heterocycles. The number of furan rings is 1. The first-order chi connectivity index (χ1) is 13.2. The zero-order valence-electron chi connectivity index (χ0n) is 15.2. The van der Waals surface area contributed by atoms with Crippen LogP contribution in [-0.4, -0.2) is 26.4 Å². The Balaban J connectivity index is 1.22. The average Bonchev–Trinajstić information content (AvgIpc) is 3.60. The maximum absolute atomic E-state index is 12.4. The number of aromatic nitrogens is 3. The molecule has 0 unspecified atom stereocenters. The number of hydrogen-bond donors (Lipinski definition) is 1. The Bertz CT molecular complexity index is 954. The van der Waals surface area contributed by atoms with Gasteiger partial charge in [-0.05, 0) is 44.7 Å². The van der Waals surface area contributed by atoms with Gasteiger partial charge >= 0.3 is 0 Å². The van der Waals surface area contributed by atoms with E-state index in [4.69, 9.17) is 4.42 Å². The van der Waals surface area contributed by atoms with Crippen LogP contribution in [0.5, 0.6) is 0 Å². The second-order valence-electron chi connectivity index (χ2n) is 7.48. The van der Waals surface area contributed by atoms with Crippen molar-refractivity contribution in [1.82, 2.24) is 20.1 Å². The van der Waals surface area contributed by atoms with Gasteiger partial charge in [-0.15, -0.1) is 10.2 Å². The SMILES string of the molecule is C[C@H](NC(=O)CSc1nnc(C2CC2)n1C1CC1)c1cc2ccccc2o1. The van der Waals surface area contributed by atoms with E-state index in [2.05, 4.69) is 20.1 Å². The molecule has 140 valence electrons. The molecule has 27 heavy (non-hydrogen) atoms. The summed E-state index contributed by atoms with van der Waals surface area (Å²) in [6, 6.07) is 10.2. The first-order valence-electron chi connectivity index (χ1n) is 9.54. The Kier molecular flexibility index (Phi) is 4.19. The lowest BCUT2D eigenvalue weighted by Gasteiger charge is -2.11. The highest BCUT2D eigenvalue weighted by Crippen LogP contribution is 2.45. The zero-order valence-corrected chi connectivity index (χ0v) is 16.0. The molecule has 2 fully saturated rings. The summed E-state index contributed by atoms with van der Waals surface area (Å²) >= 11 is 1.48. The van der Waals surface area contributed by atoms with E-state index in [-0.39, 0.29) is 11.9 Å². The summed E-state index contributed by atoms with van der Waals surface area (Å²) in [4.78, 5) is 12.4. The Morgan fingerprint density at radius 3 is 2.85 bits per heavy atom. The van der Waals surface area contributed by atoms with Gasteiger partial charge < -0.3 is 14.3 Å². The summed E-state index contributed by atoms with van der Waals surface area (Å²) in [7, 11) is 0. The summed E-state index contributed by atoms with van der Waals surface area (Å²) in [5.74, 6) is 2.78. The molecule has 2 aliphatic carbocycles. The maximum atomic E-state index is 12.4. The number of nitrogens with zero attached hydrogens (tertiary/aromatic N) is 3. The Morgan fingerprint density at radius 2 is 2.11 bits per heavy atom. The normalized spacial score (nSPS) is 18.0. The quantitative estimate of drug-likeness (QED) is 0.620. The Labute approximate surface area is 161 Å². The second kappa shape index (κ2) is 6.71. The zero-order chi connectivity index (χ0) is 18.4. The summed E-state index contributed by atoms with van der Waals surface area (Å²) < 4.78 is 8.12. The minimum absolute atomic E-state index is 0.0220. The molecule has 2 aliphatic rings. The molecule has 0 bridgehead atoms. The van der Waals surface area contributed by atoms with Crippen LogP contribution in [0.4, 0.5) is 0 Å². The number of carbonyl (C=O) groups excluding carboxylic acids is 1. The van der Waals surface area contributed by atoms with Crippen molar-refractivity contribution in [1.29, 1.82) is 0 Å². The van der Waals surface area contributed by atoms with Crippen LogP contribution in [0.3, 0.4) is 0 Å². The lowest BCUT2D eigenvalue weighted by atomic mass is 10.2. The Hall–Kier alpha value is -2.28. The van der Waals surface area contributed by atoms with Gasteiger partial charge in [-0.25, -0.2) is 0 Å². The van der Waals surface area contributed by atoms with E-state index >= 15 is 0 Å². The van der Waals surface area contributed by atoms with Gasteiger partial charge in [0.05, 0.1) is 11.8 Å². The number of amides is 1. The second-order valence-corrected chi connectivity index (χ2v) is 8.42. The highest BCUT2D eigenvalue weighted by atomic mass is 32.2. The van der Waals surface area contributed by atoms with Crippen LogP contribution in [0.2, 0.25) is 0 Å². The van der Waals surface area contributed by atoms with Gasteiger partial charge in [0.2, 0.25) is 5.91 Å². The number of fused-ring (bicyclic) bond motifs is 1. The number of carbonyl (C=O) groups is 1. The van der Waals surface area contributed by atoms with E-state index in [0.717, 1.165) is 27.7 Å². The first-order valence-corrected chi connectivity index (χ1v) is 10.5. The highest BCUT2D eigenvalue weighted by Gasteiger charge is 2.36. The van der Waals surface area contributed by atoms with E-state index in [1.807, 2.05) is 37.3 Å². The molecular formula is C20H22N4O2S. The third-order valence-corrected chi connectivity index (χ3v) is 6.07. The van der Waals surface area contributed by atoms with Gasteiger partial charge in [0.25, 0.3) is 0 Å². The van der Waals surface area contributed by atoms with E-state index in [0.29, 0.717) is 17.7 Å². The van der Waals surface area contributed by atoms with Crippen molar-refractivity contribution < 1.29 is 9.21 Å². The number of hydrogen-bond acceptors (Lipinski definition) is 5. The third-order valence-electron chi connectivity index (χ3n) is 5.13. The van der Waals surface area contributed by atoms with Crippen molar-refractivity contribution in [2.24, 2.45) is 0 Å². The number of thioether (sulfide) groups is 1. The highest BCUT2D eigenvalue weighted by molar-refractivity contribution is 7.99. The molecular weight excluding hydrogens is 360 g/mol. The van der Waals surface area contributed by atoms with Crippen LogP contribution >= 0.6 is 11.8 Å². The number of nitrogens with one attached hydrogen (secondary N) is 1. The van der Waals surface area contributed by atoms with Crippen molar-refractivity contribution in [3.05, 3.63) is 41.9 Å². The molecule has 6 nitrogen and oxygen atoms in total. The van der Waals surface area contributed by atoms with Crippen molar-refractivity contribution in [3.8, 4) is 0 Å². The summed E-state index contributed by atoms with van der Waals surface area (Å²) in [6.45, 7) is 1.94. The first kappa shape index (κ1) is 16.9. The van der Waals surface area contributed by atoms with Crippen LogP contribution in [0.25, 0.3) is 11.0 Å². The van der Waals surface area contributed by atoms with E-state index < -0.39 is 0 Å². The fourth-order valence-corrected chi connectivity index (χ4v) is 4.21. The molecule has 5 rings (SSSR count). The molecule has 0 spiro atoms. The summed E-state index contributed by atoms with van der Waals surface area (Å²) in [5, 5.41) is 13.7. The van der Waals surface area contributed by atoms with E-state index in [9.17, 15) is 4.79 Å². The van der Waals surface area contributed by atoms with Gasteiger partial charge in [0.15, 0.2) is 5.16 Å².